The first-order valence-electron chi connectivity index (χ1n) is 10.2. The lowest BCUT2D eigenvalue weighted by Gasteiger charge is -2.20. The molecular formula is C25H22NO6-. The first-order chi connectivity index (χ1) is 15.2. The molecule has 0 saturated carbocycles. The highest BCUT2D eigenvalue weighted by Crippen LogP contribution is 2.31. The van der Waals surface area contributed by atoms with E-state index in [2.05, 4.69) is 5.32 Å². The topological polar surface area (TPSA) is 113 Å². The Morgan fingerprint density at radius 2 is 1.62 bits per heavy atom. The van der Waals surface area contributed by atoms with Gasteiger partial charge < -0.3 is 24.1 Å². The van der Waals surface area contributed by atoms with E-state index in [4.69, 9.17) is 8.83 Å². The number of hydrogen-bond acceptors (Lipinski definition) is 6. The zero-order valence-electron chi connectivity index (χ0n) is 18.0. The number of fused-ring (bicyclic) bond motifs is 2. The summed E-state index contributed by atoms with van der Waals surface area (Å²) >= 11 is 0. The molecule has 0 spiro atoms. The van der Waals surface area contributed by atoms with Gasteiger partial charge in [-0.05, 0) is 49.9 Å². The second-order valence-electron chi connectivity index (χ2n) is 7.93. The van der Waals surface area contributed by atoms with Gasteiger partial charge in [0.05, 0.1) is 24.0 Å². The van der Waals surface area contributed by atoms with E-state index in [-0.39, 0.29) is 18.4 Å². The number of benzene rings is 2. The minimum absolute atomic E-state index is 0.0807. The number of hydrogen-bond donors (Lipinski definition) is 1. The van der Waals surface area contributed by atoms with Crippen molar-refractivity contribution >= 4 is 33.8 Å². The molecule has 4 aromatic rings. The van der Waals surface area contributed by atoms with Gasteiger partial charge in [0.1, 0.15) is 16.9 Å². The second kappa shape index (κ2) is 8.34. The third-order valence-electron chi connectivity index (χ3n) is 5.82. The van der Waals surface area contributed by atoms with Crippen molar-refractivity contribution in [2.45, 2.75) is 39.7 Å². The van der Waals surface area contributed by atoms with Crippen molar-refractivity contribution in [2.75, 3.05) is 0 Å². The summed E-state index contributed by atoms with van der Waals surface area (Å²) in [5.41, 5.74) is 2.89. The SMILES string of the molecule is Cc1oc2cc3oc(=O)c(CC(=O)N[C@@H](Cc4ccccc4)C(=O)[O-])c(C)c3cc2c1C. The lowest BCUT2D eigenvalue weighted by atomic mass is 10.0. The lowest BCUT2D eigenvalue weighted by molar-refractivity contribution is -0.308. The Morgan fingerprint density at radius 1 is 0.969 bits per heavy atom. The molecule has 2 heterocycles. The van der Waals surface area contributed by atoms with Crippen molar-refractivity contribution in [1.29, 1.82) is 0 Å². The molecule has 0 aliphatic carbocycles. The van der Waals surface area contributed by atoms with E-state index in [9.17, 15) is 19.5 Å². The van der Waals surface area contributed by atoms with Crippen molar-refractivity contribution in [1.82, 2.24) is 5.32 Å². The fraction of sp³-hybridized carbons (Fsp3) is 0.240. The number of amides is 1. The minimum atomic E-state index is -1.39. The van der Waals surface area contributed by atoms with Gasteiger partial charge >= 0.3 is 5.63 Å². The van der Waals surface area contributed by atoms with Crippen LogP contribution in [0.15, 0.2) is 56.1 Å². The van der Waals surface area contributed by atoms with Gasteiger partial charge in [-0.15, -0.1) is 0 Å². The molecule has 7 nitrogen and oxygen atoms in total. The van der Waals surface area contributed by atoms with Crippen molar-refractivity contribution in [3.8, 4) is 0 Å². The zero-order chi connectivity index (χ0) is 23.0. The highest BCUT2D eigenvalue weighted by Gasteiger charge is 2.20. The van der Waals surface area contributed by atoms with Crippen molar-refractivity contribution < 1.29 is 23.5 Å². The maximum atomic E-state index is 12.6. The fourth-order valence-corrected chi connectivity index (χ4v) is 3.88. The Kier molecular flexibility index (Phi) is 5.57. The predicted molar refractivity (Wildman–Crippen MR) is 117 cm³/mol. The summed E-state index contributed by atoms with van der Waals surface area (Å²) in [7, 11) is 0. The number of carboxylic acid groups (broad SMARTS) is 1. The molecule has 1 amide bonds. The third-order valence-corrected chi connectivity index (χ3v) is 5.82. The van der Waals surface area contributed by atoms with E-state index >= 15 is 0 Å². The highest BCUT2D eigenvalue weighted by atomic mass is 16.4. The van der Waals surface area contributed by atoms with Crippen LogP contribution < -0.4 is 16.0 Å². The number of carbonyl (C=O) groups is 2. The first kappa shape index (κ1) is 21.4. The van der Waals surface area contributed by atoms with Crippen LogP contribution in [0.1, 0.15) is 28.0 Å². The van der Waals surface area contributed by atoms with Crippen LogP contribution in [0, 0.1) is 20.8 Å². The number of aliphatic carboxylic acids is 1. The number of nitrogens with one attached hydrogen (secondary N) is 1. The Hall–Kier alpha value is -3.87. The molecule has 164 valence electrons. The summed E-state index contributed by atoms with van der Waals surface area (Å²) in [5, 5.41) is 15.6. The Labute approximate surface area is 183 Å². The summed E-state index contributed by atoms with van der Waals surface area (Å²) < 4.78 is 11.2. The summed E-state index contributed by atoms with van der Waals surface area (Å²) in [6.07, 6.45) is -0.221. The van der Waals surface area contributed by atoms with Gasteiger partial charge in [0.2, 0.25) is 5.91 Å². The van der Waals surface area contributed by atoms with Crippen LogP contribution in [-0.2, 0) is 22.4 Å². The molecule has 7 heteroatoms. The Morgan fingerprint density at radius 3 is 2.31 bits per heavy atom. The van der Waals surface area contributed by atoms with E-state index in [1.165, 1.54) is 0 Å². The molecule has 4 rings (SSSR count). The molecule has 2 aromatic heterocycles. The predicted octanol–water partition coefficient (Wildman–Crippen LogP) is 2.48. The van der Waals surface area contributed by atoms with Gasteiger partial charge in [-0.25, -0.2) is 4.79 Å². The number of furan rings is 1. The molecule has 0 unspecified atom stereocenters. The Bertz CT molecular complexity index is 1400. The number of aryl methyl sites for hydroxylation is 3. The molecule has 0 saturated heterocycles. The zero-order valence-corrected chi connectivity index (χ0v) is 18.0. The number of carboxylic acids is 1. The standard InChI is InChI=1S/C25H23NO6/c1-13-15(3)31-21-12-22-18(10-17(13)21)14(2)19(25(30)32-22)11-23(27)26-20(24(28)29)9-16-7-5-4-6-8-16/h4-8,10,12,20H,9,11H2,1-3H3,(H,26,27)(H,28,29)/p-1/t20-/m0/s1. The van der Waals surface area contributed by atoms with Gasteiger partial charge in [-0.3, -0.25) is 4.79 Å². The maximum Gasteiger partial charge on any atom is 0.340 e. The van der Waals surface area contributed by atoms with Gasteiger partial charge in [0, 0.05) is 16.8 Å². The summed E-state index contributed by atoms with van der Waals surface area (Å²) in [6.45, 7) is 5.56. The molecule has 0 aliphatic rings. The first-order valence-corrected chi connectivity index (χ1v) is 10.2. The largest absolute Gasteiger partial charge is 0.548 e. The lowest BCUT2D eigenvalue weighted by Crippen LogP contribution is -2.49. The molecule has 2 aromatic carbocycles. The number of rotatable bonds is 6. The monoisotopic (exact) mass is 432 g/mol. The molecule has 0 aliphatic heterocycles. The summed E-state index contributed by atoms with van der Waals surface area (Å²) in [5.74, 6) is -1.21. The van der Waals surface area contributed by atoms with E-state index in [1.807, 2.05) is 26.0 Å². The van der Waals surface area contributed by atoms with Crippen LogP contribution in [0.4, 0.5) is 0 Å². The minimum Gasteiger partial charge on any atom is -0.548 e. The van der Waals surface area contributed by atoms with E-state index in [0.29, 0.717) is 22.1 Å². The van der Waals surface area contributed by atoms with Crippen molar-refractivity contribution in [3.05, 3.63) is 80.9 Å². The number of carbonyl (C=O) groups excluding carboxylic acids is 2. The molecule has 32 heavy (non-hydrogen) atoms. The van der Waals surface area contributed by atoms with Crippen LogP contribution in [0.25, 0.3) is 21.9 Å². The second-order valence-corrected chi connectivity index (χ2v) is 7.93. The molecule has 1 atom stereocenters. The Balaban J connectivity index is 1.63. The molecular weight excluding hydrogens is 410 g/mol. The summed E-state index contributed by atoms with van der Waals surface area (Å²) in [4.78, 5) is 36.8. The quantitative estimate of drug-likeness (QED) is 0.469. The fourth-order valence-electron chi connectivity index (χ4n) is 3.88. The molecule has 0 bridgehead atoms. The van der Waals surface area contributed by atoms with Crippen LogP contribution in [0.3, 0.4) is 0 Å². The summed E-state index contributed by atoms with van der Waals surface area (Å²) in [6, 6.07) is 11.3. The van der Waals surface area contributed by atoms with Crippen molar-refractivity contribution in [3.63, 3.8) is 0 Å². The average molecular weight is 432 g/mol. The smallest absolute Gasteiger partial charge is 0.340 e. The molecule has 0 radical (unpaired) electrons. The van der Waals surface area contributed by atoms with Gasteiger partial charge in [0.25, 0.3) is 0 Å². The van der Waals surface area contributed by atoms with E-state index < -0.39 is 23.5 Å². The maximum absolute atomic E-state index is 12.6. The van der Waals surface area contributed by atoms with Crippen molar-refractivity contribution in [2.24, 2.45) is 0 Å². The van der Waals surface area contributed by atoms with Crippen LogP contribution in [-0.4, -0.2) is 17.9 Å². The van der Waals surface area contributed by atoms with E-state index in [0.717, 1.165) is 22.3 Å². The van der Waals surface area contributed by atoms with Crippen LogP contribution >= 0.6 is 0 Å². The van der Waals surface area contributed by atoms with Gasteiger partial charge in [-0.2, -0.15) is 0 Å². The normalized spacial score (nSPS) is 12.2. The van der Waals surface area contributed by atoms with Crippen LogP contribution in [0.5, 0.6) is 0 Å². The highest BCUT2D eigenvalue weighted by molar-refractivity contribution is 5.97. The average Bonchev–Trinajstić information content (AvgIpc) is 3.03. The van der Waals surface area contributed by atoms with Gasteiger partial charge in [-0.1, -0.05) is 30.3 Å². The van der Waals surface area contributed by atoms with Crippen LogP contribution in [0.2, 0.25) is 0 Å². The molecule has 1 N–H and O–H groups in total. The van der Waals surface area contributed by atoms with E-state index in [1.54, 1.807) is 37.3 Å². The third kappa shape index (κ3) is 4.01. The van der Waals surface area contributed by atoms with Gasteiger partial charge in [0.15, 0.2) is 0 Å². The molecule has 0 fully saturated rings.